The Morgan fingerprint density at radius 2 is 2.56 bits per heavy atom. The molecular weight excluding hydrogens is 232 g/mol. The van der Waals surface area contributed by atoms with Gasteiger partial charge in [0.05, 0.1) is 13.2 Å². The minimum atomic E-state index is -0.593. The van der Waals surface area contributed by atoms with Gasteiger partial charge in [0.25, 0.3) is 0 Å². The first kappa shape index (κ1) is 11.4. The SMILES string of the molecule is CCOC(=O)c1nc(C2CSCCO2)no1. The summed E-state index contributed by atoms with van der Waals surface area (Å²) in [7, 11) is 0. The van der Waals surface area contributed by atoms with Gasteiger partial charge in [-0.3, -0.25) is 0 Å². The third-order valence-electron chi connectivity index (χ3n) is 2.00. The summed E-state index contributed by atoms with van der Waals surface area (Å²) in [5.41, 5.74) is 0. The Morgan fingerprint density at radius 1 is 1.69 bits per heavy atom. The number of carbonyl (C=O) groups is 1. The van der Waals surface area contributed by atoms with E-state index < -0.39 is 5.97 Å². The molecule has 16 heavy (non-hydrogen) atoms. The average Bonchev–Trinajstić information content (AvgIpc) is 2.80. The molecule has 1 fully saturated rings. The summed E-state index contributed by atoms with van der Waals surface area (Å²) in [4.78, 5) is 15.2. The third-order valence-corrected chi connectivity index (χ3v) is 2.99. The molecule has 0 saturated carbocycles. The van der Waals surface area contributed by atoms with Crippen molar-refractivity contribution in [2.75, 3.05) is 24.7 Å². The molecule has 1 aliphatic heterocycles. The van der Waals surface area contributed by atoms with E-state index in [-0.39, 0.29) is 18.6 Å². The molecule has 0 aliphatic carbocycles. The van der Waals surface area contributed by atoms with Crippen molar-refractivity contribution in [2.24, 2.45) is 0 Å². The van der Waals surface area contributed by atoms with Crippen molar-refractivity contribution in [1.82, 2.24) is 10.1 Å². The highest BCUT2D eigenvalue weighted by molar-refractivity contribution is 7.99. The molecule has 1 aromatic heterocycles. The van der Waals surface area contributed by atoms with Crippen molar-refractivity contribution in [2.45, 2.75) is 13.0 Å². The maximum Gasteiger partial charge on any atom is 0.397 e. The van der Waals surface area contributed by atoms with Crippen LogP contribution in [-0.2, 0) is 9.47 Å². The van der Waals surface area contributed by atoms with Gasteiger partial charge in [0, 0.05) is 11.5 Å². The highest BCUT2D eigenvalue weighted by Crippen LogP contribution is 2.24. The topological polar surface area (TPSA) is 74.5 Å². The van der Waals surface area contributed by atoms with Crippen molar-refractivity contribution >= 4 is 17.7 Å². The number of ether oxygens (including phenoxy) is 2. The van der Waals surface area contributed by atoms with E-state index in [1.807, 2.05) is 0 Å². The third kappa shape index (κ3) is 2.53. The molecule has 7 heteroatoms. The van der Waals surface area contributed by atoms with Crippen LogP contribution in [0.15, 0.2) is 4.52 Å². The number of aromatic nitrogens is 2. The standard InChI is InChI=1S/C9H12N2O4S/c1-2-13-9(12)8-10-7(11-15-8)6-5-16-4-3-14-6/h6H,2-5H2,1H3. The van der Waals surface area contributed by atoms with Crippen molar-refractivity contribution in [1.29, 1.82) is 0 Å². The summed E-state index contributed by atoms with van der Waals surface area (Å²) in [6.07, 6.45) is -0.189. The zero-order valence-corrected chi connectivity index (χ0v) is 9.66. The zero-order valence-electron chi connectivity index (χ0n) is 8.84. The zero-order chi connectivity index (χ0) is 11.4. The Bertz CT molecular complexity index is 362. The molecule has 0 N–H and O–H groups in total. The van der Waals surface area contributed by atoms with Crippen molar-refractivity contribution in [3.05, 3.63) is 11.7 Å². The predicted octanol–water partition coefficient (Wildman–Crippen LogP) is 1.05. The number of hydrogen-bond acceptors (Lipinski definition) is 7. The molecule has 88 valence electrons. The highest BCUT2D eigenvalue weighted by Gasteiger charge is 2.24. The fraction of sp³-hybridized carbons (Fsp3) is 0.667. The van der Waals surface area contributed by atoms with Crippen LogP contribution in [0.5, 0.6) is 0 Å². The van der Waals surface area contributed by atoms with E-state index in [0.29, 0.717) is 12.4 Å². The Hall–Kier alpha value is -1.08. The van der Waals surface area contributed by atoms with Crippen LogP contribution in [0.2, 0.25) is 0 Å². The second-order valence-corrected chi connectivity index (χ2v) is 4.26. The molecule has 1 saturated heterocycles. The molecule has 1 aromatic rings. The van der Waals surface area contributed by atoms with Gasteiger partial charge in [-0.05, 0) is 6.92 Å². The molecule has 6 nitrogen and oxygen atoms in total. The summed E-state index contributed by atoms with van der Waals surface area (Å²) in [6, 6.07) is 0. The predicted molar refractivity (Wildman–Crippen MR) is 56.3 cm³/mol. The summed E-state index contributed by atoms with van der Waals surface area (Å²) >= 11 is 1.76. The quantitative estimate of drug-likeness (QED) is 0.735. The van der Waals surface area contributed by atoms with Crippen LogP contribution in [0.1, 0.15) is 29.5 Å². The van der Waals surface area contributed by atoms with Gasteiger partial charge in [-0.25, -0.2) is 4.79 Å². The monoisotopic (exact) mass is 244 g/mol. The van der Waals surface area contributed by atoms with Gasteiger partial charge in [-0.1, -0.05) is 5.16 Å². The molecule has 1 atom stereocenters. The Kier molecular flexibility index (Phi) is 3.79. The molecule has 0 radical (unpaired) electrons. The maximum atomic E-state index is 11.3. The van der Waals surface area contributed by atoms with E-state index in [4.69, 9.17) is 14.0 Å². The smallest absolute Gasteiger partial charge is 0.397 e. The molecule has 1 unspecified atom stereocenters. The first-order chi connectivity index (χ1) is 7.81. The van der Waals surface area contributed by atoms with E-state index in [1.165, 1.54) is 0 Å². The summed E-state index contributed by atoms with van der Waals surface area (Å²) in [6.45, 7) is 2.67. The number of rotatable bonds is 3. The normalized spacial score (nSPS) is 20.7. The van der Waals surface area contributed by atoms with Crippen LogP contribution < -0.4 is 0 Å². The highest BCUT2D eigenvalue weighted by atomic mass is 32.2. The van der Waals surface area contributed by atoms with Crippen LogP contribution in [0.3, 0.4) is 0 Å². The Morgan fingerprint density at radius 3 is 3.25 bits per heavy atom. The van der Waals surface area contributed by atoms with E-state index in [9.17, 15) is 4.79 Å². The lowest BCUT2D eigenvalue weighted by molar-refractivity contribution is 0.0470. The fourth-order valence-electron chi connectivity index (χ4n) is 1.28. The van der Waals surface area contributed by atoms with Gasteiger partial charge in [-0.2, -0.15) is 16.7 Å². The second-order valence-electron chi connectivity index (χ2n) is 3.11. The van der Waals surface area contributed by atoms with Gasteiger partial charge < -0.3 is 14.0 Å². The van der Waals surface area contributed by atoms with Crippen LogP contribution >= 0.6 is 11.8 Å². The summed E-state index contributed by atoms with van der Waals surface area (Å²) < 4.78 is 15.0. The molecule has 0 aromatic carbocycles. The first-order valence-corrected chi connectivity index (χ1v) is 6.16. The van der Waals surface area contributed by atoms with Gasteiger partial charge >= 0.3 is 11.9 Å². The van der Waals surface area contributed by atoms with Crippen LogP contribution in [0.4, 0.5) is 0 Å². The lowest BCUT2D eigenvalue weighted by atomic mass is 10.4. The first-order valence-electron chi connectivity index (χ1n) is 5.01. The largest absolute Gasteiger partial charge is 0.459 e. The van der Waals surface area contributed by atoms with Crippen molar-refractivity contribution in [3.63, 3.8) is 0 Å². The molecule has 2 rings (SSSR count). The Balaban J connectivity index is 2.03. The van der Waals surface area contributed by atoms with Gasteiger partial charge in [0.1, 0.15) is 6.10 Å². The van der Waals surface area contributed by atoms with E-state index in [2.05, 4.69) is 10.1 Å². The Labute approximate surface area is 96.7 Å². The van der Waals surface area contributed by atoms with Crippen LogP contribution in [-0.4, -0.2) is 40.8 Å². The molecule has 1 aliphatic rings. The van der Waals surface area contributed by atoms with Crippen LogP contribution in [0.25, 0.3) is 0 Å². The van der Waals surface area contributed by atoms with Crippen LogP contribution in [0, 0.1) is 0 Å². The number of nitrogens with zero attached hydrogens (tertiary/aromatic N) is 2. The van der Waals surface area contributed by atoms with Gasteiger partial charge in [0.2, 0.25) is 5.82 Å². The van der Waals surface area contributed by atoms with E-state index in [1.54, 1.807) is 18.7 Å². The fourth-order valence-corrected chi connectivity index (χ4v) is 2.12. The summed E-state index contributed by atoms with van der Waals surface area (Å²) in [5, 5.41) is 3.72. The molecule has 0 amide bonds. The number of thioether (sulfide) groups is 1. The maximum absolute atomic E-state index is 11.3. The number of esters is 1. The molecule has 2 heterocycles. The van der Waals surface area contributed by atoms with E-state index in [0.717, 1.165) is 11.5 Å². The molecular formula is C9H12N2O4S. The number of carbonyl (C=O) groups excluding carboxylic acids is 1. The minimum Gasteiger partial charge on any atom is -0.459 e. The van der Waals surface area contributed by atoms with Gasteiger partial charge in [0.15, 0.2) is 0 Å². The number of hydrogen-bond donors (Lipinski definition) is 0. The lowest BCUT2D eigenvalue weighted by Gasteiger charge is -2.18. The minimum absolute atomic E-state index is 0.115. The van der Waals surface area contributed by atoms with Crippen molar-refractivity contribution in [3.8, 4) is 0 Å². The lowest BCUT2D eigenvalue weighted by Crippen LogP contribution is -2.17. The van der Waals surface area contributed by atoms with Crippen molar-refractivity contribution < 1.29 is 18.8 Å². The molecule has 0 spiro atoms. The summed E-state index contributed by atoms with van der Waals surface area (Å²) in [5.74, 6) is 1.46. The average molecular weight is 244 g/mol. The van der Waals surface area contributed by atoms with E-state index >= 15 is 0 Å². The second kappa shape index (κ2) is 5.31. The molecule has 0 bridgehead atoms. The van der Waals surface area contributed by atoms with Gasteiger partial charge in [-0.15, -0.1) is 0 Å².